The quantitative estimate of drug-likeness (QED) is 0.729. The number of piperidine rings is 1. The number of hydrogen-bond acceptors (Lipinski definition) is 2. The molecule has 0 unspecified atom stereocenters. The molecule has 1 aromatic heterocycles. The van der Waals surface area contributed by atoms with Gasteiger partial charge < -0.3 is 9.47 Å². The van der Waals surface area contributed by atoms with Crippen molar-refractivity contribution >= 4 is 5.91 Å². The van der Waals surface area contributed by atoms with Gasteiger partial charge in [-0.25, -0.2) is 4.98 Å². The lowest BCUT2D eigenvalue weighted by Crippen LogP contribution is -2.37. The third-order valence-corrected chi connectivity index (χ3v) is 3.09. The van der Waals surface area contributed by atoms with Crippen LogP contribution in [0.4, 0.5) is 0 Å². The van der Waals surface area contributed by atoms with Crippen LogP contribution in [0.15, 0.2) is 18.7 Å². The molecule has 0 bridgehead atoms. The van der Waals surface area contributed by atoms with E-state index in [-0.39, 0.29) is 5.91 Å². The van der Waals surface area contributed by atoms with Crippen molar-refractivity contribution < 1.29 is 4.79 Å². The Labute approximate surface area is 89.9 Å². The monoisotopic (exact) mass is 207 g/mol. The lowest BCUT2D eigenvalue weighted by atomic mass is 9.97. The highest BCUT2D eigenvalue weighted by Crippen LogP contribution is 2.18. The summed E-state index contributed by atoms with van der Waals surface area (Å²) in [6.45, 7) is 4.51. The van der Waals surface area contributed by atoms with Gasteiger partial charge in [0.15, 0.2) is 0 Å². The minimum atomic E-state index is 0.205. The summed E-state index contributed by atoms with van der Waals surface area (Å²) in [5, 5.41) is 0. The molecule has 0 aromatic carbocycles. The van der Waals surface area contributed by atoms with Gasteiger partial charge in [0.25, 0.3) is 0 Å². The van der Waals surface area contributed by atoms with Gasteiger partial charge in [-0.15, -0.1) is 0 Å². The molecule has 2 heterocycles. The first kappa shape index (κ1) is 10.2. The van der Waals surface area contributed by atoms with E-state index in [1.54, 1.807) is 6.92 Å². The third-order valence-electron chi connectivity index (χ3n) is 3.09. The molecule has 1 aliphatic heterocycles. The van der Waals surface area contributed by atoms with Crippen LogP contribution in [0.3, 0.4) is 0 Å². The maximum Gasteiger partial charge on any atom is 0.219 e. The van der Waals surface area contributed by atoms with Gasteiger partial charge in [0.05, 0.1) is 6.33 Å². The zero-order valence-corrected chi connectivity index (χ0v) is 9.09. The number of nitrogens with zero attached hydrogens (tertiary/aromatic N) is 3. The Balaban J connectivity index is 1.81. The Hall–Kier alpha value is -1.32. The predicted molar refractivity (Wildman–Crippen MR) is 57.2 cm³/mol. The molecule has 1 aliphatic rings. The van der Waals surface area contributed by atoms with Gasteiger partial charge in [-0.2, -0.15) is 0 Å². The van der Waals surface area contributed by atoms with Crippen LogP contribution in [0.5, 0.6) is 0 Å². The normalized spacial score (nSPS) is 18.1. The van der Waals surface area contributed by atoms with E-state index < -0.39 is 0 Å². The minimum Gasteiger partial charge on any atom is -0.343 e. The largest absolute Gasteiger partial charge is 0.343 e. The third kappa shape index (κ3) is 2.58. The van der Waals surface area contributed by atoms with E-state index in [0.29, 0.717) is 5.92 Å². The summed E-state index contributed by atoms with van der Waals surface area (Å²) in [6, 6.07) is 0. The zero-order valence-electron chi connectivity index (χ0n) is 9.09. The number of rotatable bonds is 2. The van der Waals surface area contributed by atoms with E-state index in [4.69, 9.17) is 0 Å². The Morgan fingerprint density at radius 2 is 2.20 bits per heavy atom. The van der Waals surface area contributed by atoms with Gasteiger partial charge in [0, 0.05) is 39.0 Å². The van der Waals surface area contributed by atoms with Gasteiger partial charge in [-0.3, -0.25) is 4.79 Å². The Kier molecular flexibility index (Phi) is 3.04. The lowest BCUT2D eigenvalue weighted by Gasteiger charge is -2.31. The number of carbonyl (C=O) groups is 1. The van der Waals surface area contributed by atoms with Crippen LogP contribution in [0.1, 0.15) is 19.8 Å². The van der Waals surface area contributed by atoms with E-state index in [9.17, 15) is 4.79 Å². The molecule has 0 aliphatic carbocycles. The second-order valence-corrected chi connectivity index (χ2v) is 4.21. The second kappa shape index (κ2) is 4.47. The van der Waals surface area contributed by atoms with Crippen LogP contribution in [0.2, 0.25) is 0 Å². The molecule has 1 saturated heterocycles. The molecule has 4 nitrogen and oxygen atoms in total. The number of hydrogen-bond donors (Lipinski definition) is 0. The van der Waals surface area contributed by atoms with Crippen molar-refractivity contribution in [3.63, 3.8) is 0 Å². The summed E-state index contributed by atoms with van der Waals surface area (Å²) in [6.07, 6.45) is 7.88. The number of amides is 1. The predicted octanol–water partition coefficient (Wildman–Crippen LogP) is 1.14. The summed E-state index contributed by atoms with van der Waals surface area (Å²) < 4.78 is 2.12. The summed E-state index contributed by atoms with van der Waals surface area (Å²) in [4.78, 5) is 17.1. The van der Waals surface area contributed by atoms with Crippen LogP contribution in [-0.4, -0.2) is 33.4 Å². The smallest absolute Gasteiger partial charge is 0.219 e. The Morgan fingerprint density at radius 3 is 2.73 bits per heavy atom. The van der Waals surface area contributed by atoms with Crippen LogP contribution in [-0.2, 0) is 11.3 Å². The standard InChI is InChI=1S/C11H17N3O/c1-10(15)14-5-2-11(3-6-14)8-13-7-4-12-9-13/h4,7,9,11H,2-3,5-6,8H2,1H3. The lowest BCUT2D eigenvalue weighted by molar-refractivity contribution is -0.130. The molecule has 15 heavy (non-hydrogen) atoms. The van der Waals surface area contributed by atoms with Crippen LogP contribution in [0.25, 0.3) is 0 Å². The van der Waals surface area contributed by atoms with E-state index >= 15 is 0 Å². The highest BCUT2D eigenvalue weighted by atomic mass is 16.2. The van der Waals surface area contributed by atoms with E-state index in [1.165, 1.54) is 0 Å². The molecule has 0 N–H and O–H groups in total. The first-order valence-corrected chi connectivity index (χ1v) is 5.47. The fourth-order valence-corrected chi connectivity index (χ4v) is 2.12. The molecule has 1 aromatic rings. The van der Waals surface area contributed by atoms with Crippen molar-refractivity contribution in [1.29, 1.82) is 0 Å². The van der Waals surface area contributed by atoms with Crippen LogP contribution >= 0.6 is 0 Å². The molecule has 0 atom stereocenters. The number of aromatic nitrogens is 2. The summed E-state index contributed by atoms with van der Waals surface area (Å²) in [5.41, 5.74) is 0. The summed E-state index contributed by atoms with van der Waals surface area (Å²) in [5.74, 6) is 0.894. The topological polar surface area (TPSA) is 38.1 Å². The highest BCUT2D eigenvalue weighted by Gasteiger charge is 2.20. The van der Waals surface area contributed by atoms with Crippen LogP contribution in [0, 0.1) is 5.92 Å². The van der Waals surface area contributed by atoms with Gasteiger partial charge in [-0.05, 0) is 18.8 Å². The number of carbonyl (C=O) groups excluding carboxylic acids is 1. The van der Waals surface area contributed by atoms with E-state index in [1.807, 2.05) is 23.6 Å². The Bertz CT molecular complexity index is 313. The van der Waals surface area contributed by atoms with Crippen molar-refractivity contribution in [2.24, 2.45) is 5.92 Å². The molecular formula is C11H17N3O. The fraction of sp³-hybridized carbons (Fsp3) is 0.636. The maximum atomic E-state index is 11.1. The maximum absolute atomic E-state index is 11.1. The fourth-order valence-electron chi connectivity index (χ4n) is 2.12. The molecule has 0 saturated carbocycles. The average Bonchev–Trinajstić information content (AvgIpc) is 2.71. The number of imidazole rings is 1. The molecule has 0 spiro atoms. The van der Waals surface area contributed by atoms with E-state index in [2.05, 4.69) is 9.55 Å². The van der Waals surface area contributed by atoms with Gasteiger partial charge >= 0.3 is 0 Å². The highest BCUT2D eigenvalue weighted by molar-refractivity contribution is 5.73. The van der Waals surface area contributed by atoms with Crippen molar-refractivity contribution in [3.05, 3.63) is 18.7 Å². The second-order valence-electron chi connectivity index (χ2n) is 4.21. The van der Waals surface area contributed by atoms with Crippen molar-refractivity contribution in [1.82, 2.24) is 14.5 Å². The minimum absolute atomic E-state index is 0.205. The van der Waals surface area contributed by atoms with Crippen molar-refractivity contribution in [3.8, 4) is 0 Å². The van der Waals surface area contributed by atoms with Crippen LogP contribution < -0.4 is 0 Å². The molecule has 2 rings (SSSR count). The molecular weight excluding hydrogens is 190 g/mol. The Morgan fingerprint density at radius 1 is 1.47 bits per heavy atom. The summed E-state index contributed by atoms with van der Waals surface area (Å²) in [7, 11) is 0. The SMILES string of the molecule is CC(=O)N1CCC(Cn2ccnc2)CC1. The first-order valence-electron chi connectivity index (χ1n) is 5.47. The molecule has 82 valence electrons. The molecule has 1 fully saturated rings. The summed E-state index contributed by atoms with van der Waals surface area (Å²) >= 11 is 0. The molecule has 4 heteroatoms. The van der Waals surface area contributed by atoms with Gasteiger partial charge in [0.1, 0.15) is 0 Å². The molecule has 1 amide bonds. The number of likely N-dealkylation sites (tertiary alicyclic amines) is 1. The van der Waals surface area contributed by atoms with Crippen molar-refractivity contribution in [2.45, 2.75) is 26.3 Å². The van der Waals surface area contributed by atoms with E-state index in [0.717, 1.165) is 32.5 Å². The van der Waals surface area contributed by atoms with Gasteiger partial charge in [-0.1, -0.05) is 0 Å². The van der Waals surface area contributed by atoms with Crippen molar-refractivity contribution in [2.75, 3.05) is 13.1 Å². The first-order chi connectivity index (χ1) is 7.25. The van der Waals surface area contributed by atoms with Gasteiger partial charge in [0.2, 0.25) is 5.91 Å². The zero-order chi connectivity index (χ0) is 10.7. The molecule has 0 radical (unpaired) electrons. The average molecular weight is 207 g/mol.